The van der Waals surface area contributed by atoms with Crippen LogP contribution in [-0.4, -0.2) is 51.8 Å². The van der Waals surface area contributed by atoms with Gasteiger partial charge >= 0.3 is 0 Å². The highest BCUT2D eigenvalue weighted by Crippen LogP contribution is 1.47. The monoisotopic (exact) mass is 100 g/mol. The van der Waals surface area contributed by atoms with Crippen molar-refractivity contribution >= 4 is 25.8 Å². The van der Waals surface area contributed by atoms with Crippen LogP contribution in [0.25, 0.3) is 0 Å². The minimum absolute atomic E-state index is 0. The third-order valence-electron chi connectivity index (χ3n) is 0. The maximum Gasteiger partial charge on any atom is 0.0814 e. The highest BCUT2D eigenvalue weighted by atomic mass is 27.0. The summed E-state index contributed by atoms with van der Waals surface area (Å²) in [7, 11) is 6.00. The van der Waals surface area contributed by atoms with E-state index in [1.165, 1.54) is 0 Å². The molecule has 0 aliphatic carbocycles. The lowest BCUT2D eigenvalue weighted by molar-refractivity contribution is 0.505. The molecule has 1 nitrogen and oxygen atoms in total. The molecule has 0 saturated heterocycles. The maximum atomic E-state index is 2.00. The summed E-state index contributed by atoms with van der Waals surface area (Å²) in [6, 6.07) is 0. The van der Waals surface area contributed by atoms with E-state index in [1.54, 1.807) is 0 Å². The smallest absolute Gasteiger partial charge is 0.0814 e. The van der Waals surface area contributed by atoms with E-state index >= 15 is 0 Å². The van der Waals surface area contributed by atoms with Gasteiger partial charge in [0.25, 0.3) is 0 Å². The zero-order chi connectivity index (χ0) is 3.58. The lowest BCUT2D eigenvalue weighted by Gasteiger charge is -1.90. The molecule has 0 rings (SSSR count). The first-order valence-electron chi connectivity index (χ1n) is 1.34. The van der Waals surface area contributed by atoms with Crippen molar-refractivity contribution in [2.75, 3.05) is 21.1 Å². The summed E-state index contributed by atoms with van der Waals surface area (Å²) in [5, 5.41) is 0. The van der Waals surface area contributed by atoms with Crippen LogP contribution >= 0.6 is 0 Å². The first-order chi connectivity index (χ1) is 1.73. The van der Waals surface area contributed by atoms with Gasteiger partial charge in [0.2, 0.25) is 0 Å². The normalized spacial score (nSPS) is 6.00. The first kappa shape index (κ1) is 16.0. The van der Waals surface area contributed by atoms with Crippen molar-refractivity contribution < 1.29 is 0 Å². The van der Waals surface area contributed by atoms with Gasteiger partial charge in [-0.3, -0.25) is 0 Å². The van der Waals surface area contributed by atoms with Crippen LogP contribution in [-0.2, 0) is 0 Å². The van der Waals surface area contributed by atoms with E-state index in [-0.39, 0.29) is 25.8 Å². The second-order valence-electron chi connectivity index (χ2n) is 1.34. The van der Waals surface area contributed by atoms with E-state index in [2.05, 4.69) is 0 Å². The molecule has 0 aliphatic rings. The quantitative estimate of drug-likeness (QED) is 0.339. The number of nitrogens with zero attached hydrogens (tertiary/aromatic N) is 1. The van der Waals surface area contributed by atoms with Crippen LogP contribution in [0.3, 0.4) is 0 Å². The van der Waals surface area contributed by atoms with Gasteiger partial charge in [-0.1, -0.05) is 0 Å². The molecule has 0 aromatic rings. The molecule has 3 radical (unpaired) electrons. The van der Waals surface area contributed by atoms with Gasteiger partial charge in [-0.25, -0.2) is 0 Å². The van der Waals surface area contributed by atoms with Crippen LogP contribution in [0.15, 0.2) is 0 Å². The van der Waals surface area contributed by atoms with Crippen LogP contribution < -0.4 is 0 Å². The minimum atomic E-state index is 0. The summed E-state index contributed by atoms with van der Waals surface area (Å²) >= 11 is 0. The summed E-state index contributed by atoms with van der Waals surface area (Å²) < 4.78 is 0. The van der Waals surface area contributed by atoms with Crippen LogP contribution in [0.1, 0.15) is 0 Å². The van der Waals surface area contributed by atoms with E-state index in [1.807, 2.05) is 26.0 Å². The lowest BCUT2D eigenvalue weighted by atomic mass is 10.8. The lowest BCUT2D eigenvalue weighted by Crippen LogP contribution is -1.99. The Kier molecular flexibility index (Phi) is 24.3. The summed E-state index contributed by atoms with van der Waals surface area (Å²) in [5.41, 5.74) is 0. The molecule has 0 amide bonds. The third kappa shape index (κ3) is 186. The highest BCUT2D eigenvalue weighted by Gasteiger charge is 1.58. The van der Waals surface area contributed by atoms with Crippen molar-refractivity contribution in [1.29, 1.82) is 0 Å². The van der Waals surface area contributed by atoms with Crippen LogP contribution in [0.2, 0.25) is 0 Å². The number of hydrogen-bond donors (Lipinski definition) is 0. The molecule has 0 spiro atoms. The Morgan fingerprint density at radius 3 is 1.00 bits per heavy atom. The molecular formula is C3H12AlBN. The van der Waals surface area contributed by atoms with E-state index < -0.39 is 0 Å². The third-order valence-corrected chi connectivity index (χ3v) is 0. The Balaban J connectivity index is -0.0000000450. The topological polar surface area (TPSA) is 3.24 Å². The second-order valence-corrected chi connectivity index (χ2v) is 1.34. The predicted molar refractivity (Wildman–Crippen MR) is 35.3 cm³/mol. The van der Waals surface area contributed by atoms with Crippen molar-refractivity contribution in [3.05, 3.63) is 0 Å². The fourth-order valence-electron chi connectivity index (χ4n) is 0. The van der Waals surface area contributed by atoms with E-state index in [0.29, 0.717) is 0 Å². The summed E-state index contributed by atoms with van der Waals surface area (Å²) in [6.07, 6.45) is 0. The van der Waals surface area contributed by atoms with Crippen molar-refractivity contribution in [2.45, 2.75) is 0 Å². The summed E-state index contributed by atoms with van der Waals surface area (Å²) in [6.45, 7) is 0. The van der Waals surface area contributed by atoms with Gasteiger partial charge in [0.15, 0.2) is 0 Å². The Bertz CT molecular complexity index is 15.5. The number of hydrogen-bond acceptors (Lipinski definition) is 1. The van der Waals surface area contributed by atoms with E-state index in [9.17, 15) is 0 Å². The van der Waals surface area contributed by atoms with Gasteiger partial charge in [-0.05, 0) is 21.1 Å². The zero-order valence-corrected chi connectivity index (χ0v) is 5.18. The Hall–Kier alpha value is 0.557. The highest BCUT2D eigenvalue weighted by molar-refractivity contribution is 5.76. The summed E-state index contributed by atoms with van der Waals surface area (Å²) in [5.74, 6) is 0. The zero-order valence-electron chi connectivity index (χ0n) is 4.02. The fourth-order valence-corrected chi connectivity index (χ4v) is 0. The Labute approximate surface area is 52.4 Å². The maximum absolute atomic E-state index is 2.00. The van der Waals surface area contributed by atoms with E-state index in [0.717, 1.165) is 0 Å². The molecule has 0 atom stereocenters. The van der Waals surface area contributed by atoms with Gasteiger partial charge in [-0.2, -0.15) is 0 Å². The largest absolute Gasteiger partial charge is 0.312 e. The second kappa shape index (κ2) is 9.12. The van der Waals surface area contributed by atoms with Crippen LogP contribution in [0, 0.1) is 0 Å². The average molecular weight is 99.9 g/mol. The van der Waals surface area contributed by atoms with Gasteiger partial charge in [0.1, 0.15) is 0 Å². The molecule has 0 unspecified atom stereocenters. The Morgan fingerprint density at radius 1 is 1.00 bits per heavy atom. The van der Waals surface area contributed by atoms with Crippen molar-refractivity contribution in [3.63, 3.8) is 0 Å². The van der Waals surface area contributed by atoms with Crippen molar-refractivity contribution in [1.82, 2.24) is 4.90 Å². The van der Waals surface area contributed by atoms with Gasteiger partial charge in [0, 0.05) is 17.4 Å². The molecule has 0 N–H and O–H groups in total. The first-order valence-corrected chi connectivity index (χ1v) is 1.34. The SMILES string of the molecule is B.CN(C)C.[Al]. The molecule has 0 saturated carbocycles. The van der Waals surface area contributed by atoms with Crippen LogP contribution in [0.4, 0.5) is 0 Å². The Morgan fingerprint density at radius 2 is 1.00 bits per heavy atom. The fraction of sp³-hybridized carbons (Fsp3) is 1.00. The standard InChI is InChI=1S/C3H9N.Al.BH3/c1-4(2)3;;/h1-3H3;;1H3. The molecular weight excluding hydrogens is 87.8 g/mol. The molecule has 0 aromatic heterocycles. The molecule has 0 aromatic carbocycles. The molecule has 0 heterocycles. The molecule has 0 aliphatic heterocycles. The molecule has 35 valence electrons. The van der Waals surface area contributed by atoms with Crippen molar-refractivity contribution in [3.8, 4) is 0 Å². The summed E-state index contributed by atoms with van der Waals surface area (Å²) in [4.78, 5) is 2.00. The predicted octanol–water partition coefficient (Wildman–Crippen LogP) is -1.39. The average Bonchev–Trinajstić information content (AvgIpc) is 0.811. The molecule has 3 heteroatoms. The van der Waals surface area contributed by atoms with Gasteiger partial charge in [-0.15, -0.1) is 0 Å². The molecule has 6 heavy (non-hydrogen) atoms. The van der Waals surface area contributed by atoms with E-state index in [4.69, 9.17) is 0 Å². The van der Waals surface area contributed by atoms with Crippen LogP contribution in [0.5, 0.6) is 0 Å². The molecule has 0 fully saturated rings. The molecule has 0 bridgehead atoms. The number of rotatable bonds is 0. The van der Waals surface area contributed by atoms with Gasteiger partial charge in [0.05, 0.1) is 8.41 Å². The minimum Gasteiger partial charge on any atom is -0.312 e. The van der Waals surface area contributed by atoms with Gasteiger partial charge < -0.3 is 4.90 Å². The van der Waals surface area contributed by atoms with Crippen molar-refractivity contribution in [2.24, 2.45) is 0 Å².